The minimum Gasteiger partial charge on any atom is -0.497 e. The van der Waals surface area contributed by atoms with E-state index >= 15 is 0 Å². The molecule has 3 aromatic carbocycles. The first-order chi connectivity index (χ1) is 20.9. The molecule has 0 fully saturated rings. The maximum Gasteiger partial charge on any atom is 0.244 e. The van der Waals surface area contributed by atoms with Gasteiger partial charge in [0.15, 0.2) is 11.5 Å². The Morgan fingerprint density at radius 1 is 0.932 bits per heavy atom. The average molecular weight is 624 g/mol. The van der Waals surface area contributed by atoms with Gasteiger partial charge < -0.3 is 24.4 Å². The average Bonchev–Trinajstić information content (AvgIpc) is 3.00. The molecule has 10 nitrogen and oxygen atoms in total. The number of benzene rings is 3. The van der Waals surface area contributed by atoms with Crippen molar-refractivity contribution >= 4 is 27.5 Å². The molecule has 11 heteroatoms. The second kappa shape index (κ2) is 14.0. The van der Waals surface area contributed by atoms with Gasteiger partial charge in [0.05, 0.1) is 18.6 Å². The Kier molecular flexibility index (Phi) is 10.4. The fourth-order valence-corrected chi connectivity index (χ4v) is 5.93. The van der Waals surface area contributed by atoms with Crippen molar-refractivity contribution in [3.05, 3.63) is 83.9 Å². The van der Waals surface area contributed by atoms with Gasteiger partial charge >= 0.3 is 0 Å². The molecular weight excluding hydrogens is 582 g/mol. The topological polar surface area (TPSA) is 114 Å². The number of hydrogen-bond donors (Lipinski definition) is 1. The largest absolute Gasteiger partial charge is 0.497 e. The van der Waals surface area contributed by atoms with Crippen LogP contribution in [0.2, 0.25) is 0 Å². The van der Waals surface area contributed by atoms with Crippen molar-refractivity contribution in [1.29, 1.82) is 0 Å². The molecular formula is C33H41N3O7S. The highest BCUT2D eigenvalue weighted by atomic mass is 32.2. The van der Waals surface area contributed by atoms with Crippen LogP contribution in [0.1, 0.15) is 38.8 Å². The number of ether oxygens (including phenoxy) is 3. The van der Waals surface area contributed by atoms with Gasteiger partial charge in [0.25, 0.3) is 0 Å². The fourth-order valence-electron chi connectivity index (χ4n) is 4.88. The molecule has 236 valence electrons. The highest BCUT2D eigenvalue weighted by Gasteiger charge is 2.35. The second-order valence-electron chi connectivity index (χ2n) is 11.6. The lowest BCUT2D eigenvalue weighted by atomic mass is 10.0. The van der Waals surface area contributed by atoms with Crippen LogP contribution in [0.15, 0.2) is 72.8 Å². The minimum atomic E-state index is -3.92. The van der Waals surface area contributed by atoms with Gasteiger partial charge in [-0.15, -0.1) is 0 Å². The summed E-state index contributed by atoms with van der Waals surface area (Å²) in [4.78, 5) is 29.7. The molecule has 1 atom stereocenters. The zero-order chi connectivity index (χ0) is 31.9. The smallest absolute Gasteiger partial charge is 0.244 e. The molecule has 4 rings (SSSR count). The third-order valence-electron chi connectivity index (χ3n) is 7.05. The normalized spacial score (nSPS) is 13.5. The Labute approximate surface area is 260 Å². The van der Waals surface area contributed by atoms with Crippen molar-refractivity contribution < 1.29 is 32.2 Å². The molecule has 1 aliphatic rings. The van der Waals surface area contributed by atoms with Gasteiger partial charge in [0.2, 0.25) is 21.8 Å². The predicted molar refractivity (Wildman–Crippen MR) is 170 cm³/mol. The first kappa shape index (κ1) is 32.7. The molecule has 0 radical (unpaired) electrons. The number of methoxy groups -OCH3 is 1. The SMILES string of the molecule is CCS(=O)(=O)N(CC(=O)N(Cc1cccc(OC)c1)[C@@H](Cc1ccccc1)C(=O)NC(C)(C)C)c1ccc2c(c1)OCCO2. The number of fused-ring (bicyclic) bond motifs is 1. The van der Waals surface area contributed by atoms with Crippen LogP contribution in [0.25, 0.3) is 0 Å². The minimum absolute atomic E-state index is 0.0479. The molecule has 0 bridgehead atoms. The predicted octanol–water partition coefficient (Wildman–Crippen LogP) is 4.18. The van der Waals surface area contributed by atoms with Gasteiger partial charge in [0, 0.05) is 24.6 Å². The van der Waals surface area contributed by atoms with Gasteiger partial charge in [-0.25, -0.2) is 8.42 Å². The number of sulfonamides is 1. The number of rotatable bonds is 12. The van der Waals surface area contributed by atoms with Crippen LogP contribution < -0.4 is 23.8 Å². The summed E-state index contributed by atoms with van der Waals surface area (Å²) in [5.74, 6) is 0.383. The van der Waals surface area contributed by atoms with E-state index in [1.807, 2.05) is 57.2 Å². The Hall–Kier alpha value is -4.25. The molecule has 0 aliphatic carbocycles. The molecule has 1 aliphatic heterocycles. The molecule has 44 heavy (non-hydrogen) atoms. The molecule has 2 amide bonds. The Balaban J connectivity index is 1.77. The maximum atomic E-state index is 14.4. The monoisotopic (exact) mass is 623 g/mol. The number of amides is 2. The lowest BCUT2D eigenvalue weighted by Gasteiger charge is -2.35. The quantitative estimate of drug-likeness (QED) is 0.322. The Bertz CT molecular complexity index is 1560. The van der Waals surface area contributed by atoms with Crippen molar-refractivity contribution in [2.45, 2.75) is 52.2 Å². The van der Waals surface area contributed by atoms with Crippen LogP contribution in [0.5, 0.6) is 17.2 Å². The van der Waals surface area contributed by atoms with E-state index in [1.54, 1.807) is 43.5 Å². The fraction of sp³-hybridized carbons (Fsp3) is 0.394. The number of nitrogens with zero attached hydrogens (tertiary/aromatic N) is 2. The molecule has 0 saturated heterocycles. The van der Waals surface area contributed by atoms with Crippen molar-refractivity contribution in [2.24, 2.45) is 0 Å². The number of carbonyl (C=O) groups is 2. The Morgan fingerprint density at radius 2 is 1.61 bits per heavy atom. The molecule has 1 N–H and O–H groups in total. The summed E-state index contributed by atoms with van der Waals surface area (Å²) in [5, 5.41) is 3.02. The maximum absolute atomic E-state index is 14.4. The standard InChI is InChI=1S/C33H41N3O7S/c1-6-44(39,40)36(26-15-16-29-30(21-26)43-18-17-42-29)23-31(37)35(22-25-13-10-14-27(19-25)41-5)28(32(38)34-33(2,3)4)20-24-11-8-7-9-12-24/h7-16,19,21,28H,6,17-18,20,22-23H2,1-5H3,(H,34,38)/t28-/m0/s1. The number of nitrogens with one attached hydrogen (secondary N) is 1. The summed E-state index contributed by atoms with van der Waals surface area (Å²) in [6.07, 6.45) is 0.225. The van der Waals surface area contributed by atoms with Crippen LogP contribution in [0.4, 0.5) is 5.69 Å². The number of hydrogen-bond acceptors (Lipinski definition) is 7. The van der Waals surface area contributed by atoms with Crippen molar-refractivity contribution in [3.63, 3.8) is 0 Å². The van der Waals surface area contributed by atoms with E-state index in [-0.39, 0.29) is 30.3 Å². The van der Waals surface area contributed by atoms with Crippen LogP contribution in [-0.2, 0) is 32.6 Å². The first-order valence-corrected chi connectivity index (χ1v) is 16.2. The Morgan fingerprint density at radius 3 is 2.27 bits per heavy atom. The third-order valence-corrected chi connectivity index (χ3v) is 8.79. The van der Waals surface area contributed by atoms with Crippen LogP contribution >= 0.6 is 0 Å². The molecule has 0 aromatic heterocycles. The van der Waals surface area contributed by atoms with Gasteiger partial charge in [-0.1, -0.05) is 42.5 Å². The van der Waals surface area contributed by atoms with Crippen molar-refractivity contribution in [2.75, 3.05) is 36.9 Å². The summed E-state index contributed by atoms with van der Waals surface area (Å²) in [7, 11) is -2.36. The highest BCUT2D eigenvalue weighted by Crippen LogP contribution is 2.35. The highest BCUT2D eigenvalue weighted by molar-refractivity contribution is 7.92. The molecule has 0 saturated carbocycles. The lowest BCUT2D eigenvalue weighted by molar-refractivity contribution is -0.140. The number of carbonyl (C=O) groups excluding carboxylic acids is 2. The van der Waals surface area contributed by atoms with E-state index in [2.05, 4.69) is 5.32 Å². The summed E-state index contributed by atoms with van der Waals surface area (Å²) in [6, 6.07) is 20.5. The molecule has 0 spiro atoms. The van der Waals surface area contributed by atoms with Gasteiger partial charge in [-0.3, -0.25) is 13.9 Å². The summed E-state index contributed by atoms with van der Waals surface area (Å²) >= 11 is 0. The number of anilines is 1. The van der Waals surface area contributed by atoms with E-state index in [9.17, 15) is 18.0 Å². The summed E-state index contributed by atoms with van der Waals surface area (Å²) in [5.41, 5.74) is 1.28. The second-order valence-corrected chi connectivity index (χ2v) is 13.7. The first-order valence-electron chi connectivity index (χ1n) is 14.6. The molecule has 3 aromatic rings. The molecule has 0 unspecified atom stereocenters. The van der Waals surface area contributed by atoms with Gasteiger partial charge in [0.1, 0.15) is 31.5 Å². The summed E-state index contributed by atoms with van der Waals surface area (Å²) < 4.78 is 44.6. The van der Waals surface area contributed by atoms with E-state index < -0.39 is 34.1 Å². The van der Waals surface area contributed by atoms with E-state index in [1.165, 1.54) is 11.8 Å². The van der Waals surface area contributed by atoms with Crippen molar-refractivity contribution in [3.8, 4) is 17.2 Å². The zero-order valence-electron chi connectivity index (χ0n) is 25.9. The summed E-state index contributed by atoms with van der Waals surface area (Å²) in [6.45, 7) is 7.38. The molecule has 1 heterocycles. The van der Waals surface area contributed by atoms with Crippen molar-refractivity contribution in [1.82, 2.24) is 10.2 Å². The van der Waals surface area contributed by atoms with E-state index in [0.29, 0.717) is 30.5 Å². The van der Waals surface area contributed by atoms with Crippen LogP contribution in [0.3, 0.4) is 0 Å². The van der Waals surface area contributed by atoms with Gasteiger partial charge in [-0.2, -0.15) is 0 Å². The van der Waals surface area contributed by atoms with E-state index in [4.69, 9.17) is 14.2 Å². The lowest BCUT2D eigenvalue weighted by Crippen LogP contribution is -2.56. The van der Waals surface area contributed by atoms with Crippen LogP contribution in [-0.4, -0.2) is 69.3 Å². The van der Waals surface area contributed by atoms with Crippen LogP contribution in [0, 0.1) is 0 Å². The van der Waals surface area contributed by atoms with Gasteiger partial charge in [-0.05, 0) is 63.1 Å². The third kappa shape index (κ3) is 8.43. The van der Waals surface area contributed by atoms with E-state index in [0.717, 1.165) is 15.4 Å². The zero-order valence-corrected chi connectivity index (χ0v) is 26.7.